The second-order valence-corrected chi connectivity index (χ2v) is 10.7. The SMILES string of the molecule is COc1ccc([C@@H]2CN(C(=O)C(O)CO)C[C@@]2(C)C(C)O)cc1OC1CN(c2cc(C)ccc2C=CC#N)C1. The molecule has 0 bridgehead atoms. The Morgan fingerprint density at radius 1 is 1.21 bits per heavy atom. The van der Waals surface area contributed by atoms with E-state index in [-0.39, 0.29) is 18.6 Å². The van der Waals surface area contributed by atoms with Crippen LogP contribution in [0.1, 0.15) is 36.5 Å². The van der Waals surface area contributed by atoms with Crippen LogP contribution in [0.15, 0.2) is 42.5 Å². The number of ether oxygens (including phenoxy) is 2. The number of likely N-dealkylation sites (tertiary alicyclic amines) is 1. The number of aryl methyl sites for hydroxylation is 1. The lowest BCUT2D eigenvalue weighted by atomic mass is 9.72. The molecule has 3 N–H and O–H groups in total. The molecule has 0 radical (unpaired) electrons. The number of nitriles is 1. The van der Waals surface area contributed by atoms with Crippen molar-refractivity contribution >= 4 is 17.7 Å². The minimum Gasteiger partial charge on any atom is -0.493 e. The molecule has 2 unspecified atom stereocenters. The van der Waals surface area contributed by atoms with Crippen molar-refractivity contribution in [3.63, 3.8) is 0 Å². The summed E-state index contributed by atoms with van der Waals surface area (Å²) in [4.78, 5) is 16.4. The lowest BCUT2D eigenvalue weighted by molar-refractivity contribution is -0.141. The second-order valence-electron chi connectivity index (χ2n) is 10.7. The Kier molecular flexibility index (Phi) is 8.50. The molecule has 0 saturated carbocycles. The monoisotopic (exact) mass is 535 g/mol. The van der Waals surface area contributed by atoms with Crippen molar-refractivity contribution in [2.45, 2.75) is 45.0 Å². The second kappa shape index (κ2) is 11.7. The molecule has 2 aliphatic heterocycles. The summed E-state index contributed by atoms with van der Waals surface area (Å²) in [5, 5.41) is 38.8. The topological polar surface area (TPSA) is 126 Å². The number of carbonyl (C=O) groups is 1. The van der Waals surface area contributed by atoms with Gasteiger partial charge in [0.1, 0.15) is 6.10 Å². The normalized spacial score (nSPS) is 22.9. The molecule has 9 heteroatoms. The Morgan fingerprint density at radius 3 is 2.59 bits per heavy atom. The zero-order valence-corrected chi connectivity index (χ0v) is 22.9. The highest BCUT2D eigenvalue weighted by molar-refractivity contribution is 5.81. The first kappa shape index (κ1) is 28.4. The van der Waals surface area contributed by atoms with E-state index >= 15 is 0 Å². The fraction of sp³-hybridized carbons (Fsp3) is 0.467. The highest BCUT2D eigenvalue weighted by Crippen LogP contribution is 2.47. The maximum atomic E-state index is 12.6. The van der Waals surface area contributed by atoms with Gasteiger partial charge < -0.3 is 34.6 Å². The van der Waals surface area contributed by atoms with Crippen molar-refractivity contribution in [3.8, 4) is 17.6 Å². The number of rotatable bonds is 9. The highest BCUT2D eigenvalue weighted by Gasteiger charge is 2.49. The van der Waals surface area contributed by atoms with Gasteiger partial charge in [0.2, 0.25) is 0 Å². The van der Waals surface area contributed by atoms with Crippen LogP contribution in [0.5, 0.6) is 11.5 Å². The predicted molar refractivity (Wildman–Crippen MR) is 148 cm³/mol. The Labute approximate surface area is 229 Å². The Hall–Kier alpha value is -3.58. The predicted octanol–water partition coefficient (Wildman–Crippen LogP) is 2.47. The van der Waals surface area contributed by atoms with Crippen molar-refractivity contribution in [1.29, 1.82) is 5.26 Å². The van der Waals surface area contributed by atoms with Gasteiger partial charge in [-0.05, 0) is 54.8 Å². The summed E-state index contributed by atoms with van der Waals surface area (Å²) in [7, 11) is 1.58. The summed E-state index contributed by atoms with van der Waals surface area (Å²) in [5.41, 5.74) is 3.39. The van der Waals surface area contributed by atoms with Crippen LogP contribution in [-0.4, -0.2) is 84.3 Å². The molecule has 2 heterocycles. The molecular weight excluding hydrogens is 498 g/mol. The van der Waals surface area contributed by atoms with Crippen LogP contribution in [0, 0.1) is 23.7 Å². The quantitative estimate of drug-likeness (QED) is 0.418. The maximum Gasteiger partial charge on any atom is 0.253 e. The average Bonchev–Trinajstić information content (AvgIpc) is 3.27. The lowest BCUT2D eigenvalue weighted by Crippen LogP contribution is -2.54. The van der Waals surface area contributed by atoms with E-state index in [4.69, 9.17) is 14.7 Å². The molecule has 2 saturated heterocycles. The van der Waals surface area contributed by atoms with Crippen molar-refractivity contribution in [3.05, 3.63) is 59.2 Å². The number of nitrogens with zero attached hydrogens (tertiary/aromatic N) is 3. The van der Waals surface area contributed by atoms with Crippen molar-refractivity contribution in [1.82, 2.24) is 4.90 Å². The summed E-state index contributed by atoms with van der Waals surface area (Å²) in [6.45, 7) is 6.91. The number of anilines is 1. The number of hydrogen-bond acceptors (Lipinski definition) is 8. The molecule has 4 rings (SSSR count). The molecule has 0 spiro atoms. The molecule has 2 aromatic rings. The van der Waals surface area contributed by atoms with E-state index < -0.39 is 30.1 Å². The van der Waals surface area contributed by atoms with E-state index in [9.17, 15) is 20.1 Å². The van der Waals surface area contributed by atoms with E-state index in [0.717, 1.165) is 22.4 Å². The summed E-state index contributed by atoms with van der Waals surface area (Å²) in [5.74, 6) is 0.402. The fourth-order valence-electron chi connectivity index (χ4n) is 5.47. The molecule has 2 aromatic carbocycles. The third kappa shape index (κ3) is 5.74. The zero-order valence-electron chi connectivity index (χ0n) is 22.9. The lowest BCUT2D eigenvalue weighted by Gasteiger charge is -2.41. The third-order valence-corrected chi connectivity index (χ3v) is 8.05. The fourth-order valence-corrected chi connectivity index (χ4v) is 5.47. The molecule has 208 valence electrons. The largest absolute Gasteiger partial charge is 0.493 e. The van der Waals surface area contributed by atoms with Crippen LogP contribution in [0.4, 0.5) is 5.69 Å². The number of carbonyl (C=O) groups excluding carboxylic acids is 1. The van der Waals surface area contributed by atoms with Crippen LogP contribution in [0.3, 0.4) is 0 Å². The van der Waals surface area contributed by atoms with Gasteiger partial charge in [-0.25, -0.2) is 0 Å². The standard InChI is InChI=1S/C30H37N3O6/c1-19-7-8-21(6-5-11-31)25(12-19)32-14-23(15-32)39-28-13-22(9-10-27(28)38-4)24-16-33(29(37)26(36)17-34)18-30(24,3)20(2)35/h5-10,12-13,20,23-24,26,34-36H,14-18H2,1-4H3/t20?,24-,26?,30-/m0/s1. The number of benzene rings is 2. The van der Waals surface area contributed by atoms with Gasteiger partial charge in [-0.2, -0.15) is 5.26 Å². The van der Waals surface area contributed by atoms with E-state index in [2.05, 4.69) is 11.0 Å². The van der Waals surface area contributed by atoms with E-state index in [1.54, 1.807) is 14.0 Å². The van der Waals surface area contributed by atoms with E-state index in [0.29, 0.717) is 31.1 Å². The molecule has 2 aliphatic rings. The summed E-state index contributed by atoms with van der Waals surface area (Å²) in [6.07, 6.45) is 0.997. The van der Waals surface area contributed by atoms with Gasteiger partial charge in [-0.3, -0.25) is 4.79 Å². The smallest absolute Gasteiger partial charge is 0.253 e. The first-order chi connectivity index (χ1) is 18.6. The number of methoxy groups -OCH3 is 1. The molecule has 4 atom stereocenters. The van der Waals surface area contributed by atoms with Gasteiger partial charge in [-0.1, -0.05) is 25.1 Å². The van der Waals surface area contributed by atoms with Crippen LogP contribution >= 0.6 is 0 Å². The van der Waals surface area contributed by atoms with Crippen LogP contribution < -0.4 is 14.4 Å². The first-order valence-corrected chi connectivity index (χ1v) is 13.1. The maximum absolute atomic E-state index is 12.6. The average molecular weight is 536 g/mol. The minimum atomic E-state index is -1.48. The Balaban J connectivity index is 1.54. The van der Waals surface area contributed by atoms with Gasteiger partial charge in [-0.15, -0.1) is 0 Å². The summed E-state index contributed by atoms with van der Waals surface area (Å²) < 4.78 is 12.0. The number of aliphatic hydroxyl groups excluding tert-OH is 3. The summed E-state index contributed by atoms with van der Waals surface area (Å²) in [6, 6.07) is 13.8. The third-order valence-electron chi connectivity index (χ3n) is 8.05. The van der Waals surface area contributed by atoms with Gasteiger partial charge in [0, 0.05) is 36.2 Å². The molecule has 39 heavy (non-hydrogen) atoms. The number of hydrogen-bond donors (Lipinski definition) is 3. The van der Waals surface area contributed by atoms with Gasteiger partial charge >= 0.3 is 0 Å². The molecule has 0 aromatic heterocycles. The van der Waals surface area contributed by atoms with Crippen molar-refractivity contribution in [2.75, 3.05) is 44.8 Å². The summed E-state index contributed by atoms with van der Waals surface area (Å²) >= 11 is 0. The number of amides is 1. The van der Waals surface area contributed by atoms with Crippen LogP contribution in [0.25, 0.3) is 6.08 Å². The van der Waals surface area contributed by atoms with Crippen LogP contribution in [0.2, 0.25) is 0 Å². The van der Waals surface area contributed by atoms with Gasteiger partial charge in [0.25, 0.3) is 5.91 Å². The Bertz CT molecular complexity index is 1270. The van der Waals surface area contributed by atoms with Gasteiger partial charge in [0.05, 0.1) is 39.0 Å². The van der Waals surface area contributed by atoms with Crippen LogP contribution in [-0.2, 0) is 4.79 Å². The molecule has 9 nitrogen and oxygen atoms in total. The highest BCUT2D eigenvalue weighted by atomic mass is 16.5. The molecule has 2 fully saturated rings. The molecule has 0 aliphatic carbocycles. The Morgan fingerprint density at radius 2 is 1.95 bits per heavy atom. The van der Waals surface area contributed by atoms with E-state index in [1.165, 1.54) is 11.0 Å². The zero-order chi connectivity index (χ0) is 28.3. The van der Waals surface area contributed by atoms with Gasteiger partial charge in [0.15, 0.2) is 17.6 Å². The van der Waals surface area contributed by atoms with Crippen molar-refractivity contribution in [2.24, 2.45) is 5.41 Å². The molecular formula is C30H37N3O6. The first-order valence-electron chi connectivity index (χ1n) is 13.1. The number of allylic oxidation sites excluding steroid dienone is 1. The number of aliphatic hydroxyl groups is 3. The van der Waals surface area contributed by atoms with Crippen molar-refractivity contribution < 1.29 is 29.6 Å². The molecule has 1 amide bonds. The minimum absolute atomic E-state index is 0.0769. The van der Waals surface area contributed by atoms with E-state index in [1.807, 2.05) is 56.3 Å².